The number of nitrogens with zero attached hydrogens (tertiary/aromatic N) is 2. The molecule has 5 rings (SSSR count). The van der Waals surface area contributed by atoms with Crippen molar-refractivity contribution in [3.8, 4) is 17.1 Å². The molecule has 0 radical (unpaired) electrons. The Kier molecular flexibility index (Phi) is 6.30. The molecule has 2 N–H and O–H groups in total. The molecule has 0 aliphatic heterocycles. The number of aromatic nitrogens is 3. The number of amides is 1. The molecule has 4 aromatic rings. The van der Waals surface area contributed by atoms with E-state index in [1.165, 1.54) is 12.0 Å². The summed E-state index contributed by atoms with van der Waals surface area (Å²) in [4.78, 5) is 17.7. The Morgan fingerprint density at radius 2 is 1.88 bits per heavy atom. The van der Waals surface area contributed by atoms with Gasteiger partial charge in [0.25, 0.3) is 5.91 Å². The molecule has 6 nitrogen and oxygen atoms in total. The van der Waals surface area contributed by atoms with Gasteiger partial charge in [0.15, 0.2) is 0 Å². The molecule has 2 heterocycles. The quantitative estimate of drug-likeness (QED) is 0.382. The van der Waals surface area contributed by atoms with E-state index in [1.807, 2.05) is 50.2 Å². The number of aromatic amines is 1. The summed E-state index contributed by atoms with van der Waals surface area (Å²) in [6.07, 6.45) is 6.27. The van der Waals surface area contributed by atoms with Crippen LogP contribution >= 0.6 is 0 Å². The van der Waals surface area contributed by atoms with E-state index in [-0.39, 0.29) is 18.1 Å². The minimum Gasteiger partial charge on any atom is -0.475 e. The number of ether oxygens (including phenoxy) is 1. The summed E-state index contributed by atoms with van der Waals surface area (Å²) in [5.41, 5.74) is 4.47. The molecule has 34 heavy (non-hydrogen) atoms. The van der Waals surface area contributed by atoms with Crippen molar-refractivity contribution in [2.45, 2.75) is 57.6 Å². The molecule has 0 unspecified atom stereocenters. The van der Waals surface area contributed by atoms with Crippen LogP contribution in [0.1, 0.15) is 61.4 Å². The van der Waals surface area contributed by atoms with Crippen molar-refractivity contribution in [1.82, 2.24) is 20.5 Å². The van der Waals surface area contributed by atoms with Crippen LogP contribution in [0.25, 0.3) is 22.2 Å². The number of H-pyrrole nitrogens is 1. The van der Waals surface area contributed by atoms with Gasteiger partial charge in [-0.25, -0.2) is 4.98 Å². The van der Waals surface area contributed by atoms with E-state index < -0.39 is 0 Å². The second-order valence-electron chi connectivity index (χ2n) is 9.27. The molecule has 1 saturated carbocycles. The molecule has 0 bridgehead atoms. The molecule has 2 aromatic carbocycles. The first-order chi connectivity index (χ1) is 16.6. The maximum atomic E-state index is 13.3. The number of pyridine rings is 1. The first-order valence-corrected chi connectivity index (χ1v) is 12.1. The normalized spacial score (nSPS) is 18.2. The minimum atomic E-state index is -0.0410. The molecular formula is C28H30N4O2. The minimum absolute atomic E-state index is 0.0410. The molecule has 6 heteroatoms. The van der Waals surface area contributed by atoms with Crippen LogP contribution in [-0.2, 0) is 0 Å². The van der Waals surface area contributed by atoms with E-state index in [4.69, 9.17) is 4.74 Å². The summed E-state index contributed by atoms with van der Waals surface area (Å²) < 4.78 is 5.65. The smallest absolute Gasteiger partial charge is 0.251 e. The number of carbonyl (C=O) groups excluding carboxylic acids is 1. The van der Waals surface area contributed by atoms with Gasteiger partial charge in [0.2, 0.25) is 5.88 Å². The topological polar surface area (TPSA) is 79.9 Å². The van der Waals surface area contributed by atoms with Gasteiger partial charge in [0, 0.05) is 40.7 Å². The van der Waals surface area contributed by atoms with Crippen molar-refractivity contribution in [3.05, 3.63) is 78.0 Å². The van der Waals surface area contributed by atoms with Gasteiger partial charge in [0.05, 0.1) is 11.6 Å². The largest absolute Gasteiger partial charge is 0.475 e. The van der Waals surface area contributed by atoms with Crippen molar-refractivity contribution in [1.29, 1.82) is 0 Å². The SMILES string of the molecule is CC(C)Oc1ccc(-c2n[nH]c3ccc(C(=O)N[C@@H]4CCCC[C@H]4c4ccccc4)cc23)cn1. The van der Waals surface area contributed by atoms with Gasteiger partial charge in [-0.2, -0.15) is 5.10 Å². The summed E-state index contributed by atoms with van der Waals surface area (Å²) in [5, 5.41) is 11.8. The van der Waals surface area contributed by atoms with Crippen molar-refractivity contribution < 1.29 is 9.53 Å². The Bertz CT molecular complexity index is 1260. The Balaban J connectivity index is 1.38. The van der Waals surface area contributed by atoms with Crippen molar-refractivity contribution >= 4 is 16.8 Å². The van der Waals surface area contributed by atoms with Crippen LogP contribution in [0.4, 0.5) is 0 Å². The van der Waals surface area contributed by atoms with Crippen molar-refractivity contribution in [3.63, 3.8) is 0 Å². The number of benzene rings is 2. The lowest BCUT2D eigenvalue weighted by molar-refractivity contribution is 0.0921. The summed E-state index contributed by atoms with van der Waals surface area (Å²) in [6.45, 7) is 3.94. The molecular weight excluding hydrogens is 424 g/mol. The van der Waals surface area contributed by atoms with Crippen LogP contribution in [0, 0.1) is 0 Å². The lowest BCUT2D eigenvalue weighted by Crippen LogP contribution is -2.41. The van der Waals surface area contributed by atoms with E-state index in [9.17, 15) is 4.79 Å². The van der Waals surface area contributed by atoms with Crippen LogP contribution in [0.3, 0.4) is 0 Å². The molecule has 1 fully saturated rings. The first kappa shape index (κ1) is 22.1. The molecule has 2 aromatic heterocycles. The van der Waals surface area contributed by atoms with Gasteiger partial charge >= 0.3 is 0 Å². The highest BCUT2D eigenvalue weighted by Crippen LogP contribution is 2.33. The zero-order valence-corrected chi connectivity index (χ0v) is 19.6. The highest BCUT2D eigenvalue weighted by molar-refractivity contribution is 6.01. The fraction of sp³-hybridized carbons (Fsp3) is 0.321. The van der Waals surface area contributed by atoms with Crippen LogP contribution in [-0.4, -0.2) is 33.2 Å². The predicted molar refractivity (Wildman–Crippen MR) is 134 cm³/mol. The Morgan fingerprint density at radius 3 is 2.65 bits per heavy atom. The van der Waals surface area contributed by atoms with Gasteiger partial charge < -0.3 is 10.1 Å². The maximum Gasteiger partial charge on any atom is 0.251 e. The standard InChI is InChI=1S/C28H30N4O2/c1-18(2)34-26-15-13-21(17-29-26)27-23-16-20(12-14-25(23)31-32-27)28(33)30-24-11-7-6-10-22(24)19-8-4-3-5-9-19/h3-5,8-9,12-18,22,24H,6-7,10-11H2,1-2H3,(H,30,33)(H,31,32)/t22-,24+/m0/s1. The highest BCUT2D eigenvalue weighted by Gasteiger charge is 2.28. The number of hydrogen-bond donors (Lipinski definition) is 2. The molecule has 1 aliphatic carbocycles. The zero-order chi connectivity index (χ0) is 23.5. The third-order valence-corrected chi connectivity index (χ3v) is 6.50. The third-order valence-electron chi connectivity index (χ3n) is 6.50. The van der Waals surface area contributed by atoms with Gasteiger partial charge in [-0.1, -0.05) is 43.2 Å². The molecule has 2 atom stereocenters. The highest BCUT2D eigenvalue weighted by atomic mass is 16.5. The van der Waals surface area contributed by atoms with E-state index in [1.54, 1.807) is 6.20 Å². The van der Waals surface area contributed by atoms with Crippen LogP contribution in [0.2, 0.25) is 0 Å². The average Bonchev–Trinajstić information content (AvgIpc) is 3.28. The van der Waals surface area contributed by atoms with Crippen molar-refractivity contribution in [2.24, 2.45) is 0 Å². The fourth-order valence-electron chi connectivity index (χ4n) is 4.86. The Morgan fingerprint density at radius 1 is 1.06 bits per heavy atom. The molecule has 1 amide bonds. The van der Waals surface area contributed by atoms with Gasteiger partial charge in [-0.15, -0.1) is 0 Å². The summed E-state index contributed by atoms with van der Waals surface area (Å²) >= 11 is 0. The summed E-state index contributed by atoms with van der Waals surface area (Å²) in [5.74, 6) is 0.893. The van der Waals surface area contributed by atoms with E-state index in [2.05, 4.69) is 44.8 Å². The average molecular weight is 455 g/mol. The molecule has 1 aliphatic rings. The molecule has 0 spiro atoms. The second-order valence-corrected chi connectivity index (χ2v) is 9.27. The molecule has 174 valence electrons. The fourth-order valence-corrected chi connectivity index (χ4v) is 4.86. The summed E-state index contributed by atoms with van der Waals surface area (Å²) in [6, 6.07) is 20.2. The first-order valence-electron chi connectivity index (χ1n) is 12.1. The maximum absolute atomic E-state index is 13.3. The van der Waals surface area contributed by atoms with Gasteiger partial charge in [0.1, 0.15) is 5.69 Å². The zero-order valence-electron chi connectivity index (χ0n) is 19.6. The number of nitrogens with one attached hydrogen (secondary N) is 2. The monoisotopic (exact) mass is 454 g/mol. The lowest BCUT2D eigenvalue weighted by atomic mass is 9.80. The predicted octanol–water partition coefficient (Wildman–Crippen LogP) is 5.87. The van der Waals surface area contributed by atoms with E-state index in [0.29, 0.717) is 17.4 Å². The Hall–Kier alpha value is -3.67. The van der Waals surface area contributed by atoms with Crippen LogP contribution in [0.5, 0.6) is 5.88 Å². The van der Waals surface area contributed by atoms with Crippen LogP contribution in [0.15, 0.2) is 66.9 Å². The van der Waals surface area contributed by atoms with Crippen molar-refractivity contribution in [2.75, 3.05) is 0 Å². The van der Waals surface area contributed by atoms with E-state index >= 15 is 0 Å². The number of fused-ring (bicyclic) bond motifs is 1. The lowest BCUT2D eigenvalue weighted by Gasteiger charge is -2.32. The third kappa shape index (κ3) is 4.67. The Labute approximate surface area is 199 Å². The second kappa shape index (κ2) is 9.67. The number of rotatable bonds is 6. The van der Waals surface area contributed by atoms with E-state index in [0.717, 1.165) is 41.4 Å². The number of carbonyl (C=O) groups is 1. The summed E-state index contributed by atoms with van der Waals surface area (Å²) in [7, 11) is 0. The van der Waals surface area contributed by atoms with Gasteiger partial charge in [-0.05, 0) is 56.5 Å². The van der Waals surface area contributed by atoms with Gasteiger partial charge in [-0.3, -0.25) is 9.89 Å². The number of hydrogen-bond acceptors (Lipinski definition) is 4. The van der Waals surface area contributed by atoms with Crippen LogP contribution < -0.4 is 10.1 Å². The molecule has 0 saturated heterocycles.